The van der Waals surface area contributed by atoms with Crippen molar-refractivity contribution >= 4 is 16.2 Å². The van der Waals surface area contributed by atoms with Crippen LogP contribution >= 0.6 is 0 Å². The van der Waals surface area contributed by atoms with Gasteiger partial charge in [0.1, 0.15) is 5.60 Å². The van der Waals surface area contributed by atoms with Crippen LogP contribution in [0.25, 0.3) is 0 Å². The zero-order chi connectivity index (χ0) is 24.4. The minimum Gasteiger partial charge on any atom is -0.489 e. The first-order valence-corrected chi connectivity index (χ1v) is 12.7. The van der Waals surface area contributed by atoms with E-state index in [1.165, 1.54) is 11.0 Å². The Labute approximate surface area is 193 Å². The minimum atomic E-state index is -3.70. The molecule has 0 N–H and O–H groups in total. The van der Waals surface area contributed by atoms with Crippen LogP contribution in [0.3, 0.4) is 0 Å². The molecule has 11 heteroatoms. The molecule has 3 rings (SSSR count). The van der Waals surface area contributed by atoms with Crippen molar-refractivity contribution in [2.75, 3.05) is 26.0 Å². The van der Waals surface area contributed by atoms with E-state index in [-0.39, 0.29) is 30.6 Å². The maximum atomic E-state index is 12.8. The molecule has 1 heterocycles. The molecule has 186 valence electrons. The number of likely N-dealkylation sites (tertiary alicyclic amines) is 1. The number of halogens is 2. The van der Waals surface area contributed by atoms with Crippen molar-refractivity contribution in [1.82, 2.24) is 4.90 Å². The lowest BCUT2D eigenvalue weighted by Crippen LogP contribution is -2.42. The van der Waals surface area contributed by atoms with Gasteiger partial charge in [0.25, 0.3) is 10.1 Å². The van der Waals surface area contributed by atoms with Crippen LogP contribution in [-0.4, -0.2) is 63.7 Å². The minimum absolute atomic E-state index is 0.0478. The van der Waals surface area contributed by atoms with Gasteiger partial charge < -0.3 is 19.1 Å². The molecule has 8 nitrogen and oxygen atoms in total. The molecule has 0 spiro atoms. The molecule has 1 saturated heterocycles. The zero-order valence-electron chi connectivity index (χ0n) is 19.3. The van der Waals surface area contributed by atoms with Crippen molar-refractivity contribution in [1.29, 1.82) is 0 Å². The van der Waals surface area contributed by atoms with Gasteiger partial charge in [-0.1, -0.05) is 6.07 Å². The van der Waals surface area contributed by atoms with Gasteiger partial charge in [-0.3, -0.25) is 4.18 Å². The van der Waals surface area contributed by atoms with Crippen LogP contribution in [-0.2, 0) is 19.0 Å². The topological polar surface area (TPSA) is 91.4 Å². The normalized spacial score (nSPS) is 21.4. The Morgan fingerprint density at radius 1 is 1.18 bits per heavy atom. The number of alkyl halides is 2. The Bertz CT molecular complexity index is 945. The van der Waals surface area contributed by atoms with Crippen LogP contribution < -0.4 is 9.47 Å². The van der Waals surface area contributed by atoms with Gasteiger partial charge in [-0.2, -0.15) is 17.2 Å². The van der Waals surface area contributed by atoms with E-state index >= 15 is 0 Å². The van der Waals surface area contributed by atoms with Crippen molar-refractivity contribution in [2.24, 2.45) is 5.92 Å². The average molecular weight is 492 g/mol. The summed E-state index contributed by atoms with van der Waals surface area (Å²) < 4.78 is 69.4. The highest BCUT2D eigenvalue weighted by Gasteiger charge is 2.39. The molecule has 0 aromatic heterocycles. The first-order valence-electron chi connectivity index (χ1n) is 10.9. The second-order valence-electron chi connectivity index (χ2n) is 9.55. The third kappa shape index (κ3) is 7.99. The Hall–Kier alpha value is -2.14. The maximum absolute atomic E-state index is 12.8. The number of hydrogen-bond donors (Lipinski definition) is 0. The quantitative estimate of drug-likeness (QED) is 0.479. The third-order valence-corrected chi connectivity index (χ3v) is 5.91. The molecule has 0 radical (unpaired) electrons. The lowest BCUT2D eigenvalue weighted by atomic mass is 9.96. The Morgan fingerprint density at radius 3 is 2.45 bits per heavy atom. The molecule has 1 aromatic rings. The standard InChI is InChI=1S/C22H31F2NO7S/c1-22(2,3)32-21(26)25-11-16(9-17(25)13-30-33(4,27)28)15-7-8-18(31-20(23)24)19(10-15)29-12-14-5-6-14/h7-8,10,14,16-17,20H,5-6,9,11-13H2,1-4H3/t16-,17+/m1/s1. The molecule has 1 aromatic carbocycles. The largest absolute Gasteiger partial charge is 0.489 e. The average Bonchev–Trinajstić information content (AvgIpc) is 3.40. The Balaban J connectivity index is 1.81. The second-order valence-corrected chi connectivity index (χ2v) is 11.2. The Kier molecular flexibility index (Phi) is 7.73. The van der Waals surface area contributed by atoms with Crippen molar-refractivity contribution < 1.29 is 40.4 Å². The molecule has 1 amide bonds. The fourth-order valence-corrected chi connectivity index (χ4v) is 4.04. The predicted octanol–water partition coefficient (Wildman–Crippen LogP) is 4.15. The fourth-order valence-electron chi connectivity index (χ4n) is 3.64. The number of carbonyl (C=O) groups is 1. The van der Waals surface area contributed by atoms with Crippen LogP contribution in [0.15, 0.2) is 18.2 Å². The lowest BCUT2D eigenvalue weighted by molar-refractivity contribution is -0.0515. The molecule has 2 fully saturated rings. The molecule has 1 aliphatic heterocycles. The van der Waals surface area contributed by atoms with Gasteiger partial charge in [0.05, 0.1) is 25.5 Å². The van der Waals surface area contributed by atoms with Crippen LogP contribution in [0.1, 0.15) is 51.5 Å². The number of nitrogens with zero attached hydrogens (tertiary/aromatic N) is 1. The van der Waals surface area contributed by atoms with E-state index in [9.17, 15) is 22.0 Å². The summed E-state index contributed by atoms with van der Waals surface area (Å²) in [5.41, 5.74) is 0.0352. The molecular formula is C22H31F2NO7S. The van der Waals surface area contributed by atoms with Crippen molar-refractivity contribution in [2.45, 2.75) is 64.2 Å². The summed E-state index contributed by atoms with van der Waals surface area (Å²) in [6.07, 6.45) is 2.87. The number of carbonyl (C=O) groups excluding carboxylic acids is 1. The highest BCUT2D eigenvalue weighted by Crippen LogP contribution is 2.39. The highest BCUT2D eigenvalue weighted by molar-refractivity contribution is 7.85. The van der Waals surface area contributed by atoms with E-state index in [0.29, 0.717) is 18.9 Å². The van der Waals surface area contributed by atoms with Crippen LogP contribution in [0, 0.1) is 5.92 Å². The van der Waals surface area contributed by atoms with Gasteiger partial charge in [0, 0.05) is 12.5 Å². The predicted molar refractivity (Wildman–Crippen MR) is 116 cm³/mol. The summed E-state index contributed by atoms with van der Waals surface area (Å²) in [5.74, 6) is 0.391. The summed E-state index contributed by atoms with van der Waals surface area (Å²) in [6.45, 7) is 2.72. The van der Waals surface area contributed by atoms with Crippen LogP contribution in [0.2, 0.25) is 0 Å². The summed E-state index contributed by atoms with van der Waals surface area (Å²) in [5, 5.41) is 0. The van der Waals surface area contributed by atoms with E-state index in [0.717, 1.165) is 24.7 Å². The smallest absolute Gasteiger partial charge is 0.410 e. The van der Waals surface area contributed by atoms with Crippen LogP contribution in [0.5, 0.6) is 11.5 Å². The van der Waals surface area contributed by atoms with E-state index in [2.05, 4.69) is 4.74 Å². The van der Waals surface area contributed by atoms with Crippen molar-refractivity contribution in [3.05, 3.63) is 23.8 Å². The molecule has 2 atom stereocenters. The number of benzene rings is 1. The van der Waals surface area contributed by atoms with Gasteiger partial charge in [-0.25, -0.2) is 4.79 Å². The molecule has 2 aliphatic rings. The molecular weight excluding hydrogens is 460 g/mol. The highest BCUT2D eigenvalue weighted by atomic mass is 32.2. The monoisotopic (exact) mass is 491 g/mol. The molecule has 33 heavy (non-hydrogen) atoms. The number of amides is 1. The summed E-state index contributed by atoms with van der Waals surface area (Å²) >= 11 is 0. The van der Waals surface area contributed by atoms with E-state index in [1.54, 1.807) is 32.9 Å². The second kappa shape index (κ2) is 10.0. The van der Waals surface area contributed by atoms with Gasteiger partial charge >= 0.3 is 12.7 Å². The first-order chi connectivity index (χ1) is 15.3. The summed E-state index contributed by atoms with van der Waals surface area (Å²) in [7, 11) is -3.70. The summed E-state index contributed by atoms with van der Waals surface area (Å²) in [6, 6.07) is 4.20. The van der Waals surface area contributed by atoms with E-state index < -0.39 is 34.5 Å². The molecule has 0 unspecified atom stereocenters. The summed E-state index contributed by atoms with van der Waals surface area (Å²) in [4.78, 5) is 14.2. The number of rotatable bonds is 9. The third-order valence-electron chi connectivity index (χ3n) is 5.34. The SMILES string of the molecule is CC(C)(C)OC(=O)N1C[C@H](c2ccc(OC(F)F)c(OCC3CC3)c2)C[C@H]1COS(C)(=O)=O. The first kappa shape index (κ1) is 25.5. The van der Waals surface area contributed by atoms with Crippen LogP contribution in [0.4, 0.5) is 13.6 Å². The lowest BCUT2D eigenvalue weighted by Gasteiger charge is -2.28. The molecule has 1 aliphatic carbocycles. The number of ether oxygens (including phenoxy) is 3. The maximum Gasteiger partial charge on any atom is 0.410 e. The zero-order valence-corrected chi connectivity index (χ0v) is 20.1. The van der Waals surface area contributed by atoms with Crippen molar-refractivity contribution in [3.63, 3.8) is 0 Å². The van der Waals surface area contributed by atoms with Crippen molar-refractivity contribution in [3.8, 4) is 11.5 Å². The van der Waals surface area contributed by atoms with E-state index in [4.69, 9.17) is 13.7 Å². The molecule has 0 bridgehead atoms. The fraction of sp³-hybridized carbons (Fsp3) is 0.682. The van der Waals surface area contributed by atoms with E-state index in [1.807, 2.05) is 0 Å². The number of hydrogen-bond acceptors (Lipinski definition) is 7. The van der Waals surface area contributed by atoms with Gasteiger partial charge in [0.2, 0.25) is 0 Å². The Morgan fingerprint density at radius 2 is 1.88 bits per heavy atom. The van der Waals surface area contributed by atoms with Gasteiger partial charge in [-0.15, -0.1) is 0 Å². The molecule has 1 saturated carbocycles. The van der Waals surface area contributed by atoms with Gasteiger partial charge in [-0.05, 0) is 63.6 Å². The van der Waals surface area contributed by atoms with Gasteiger partial charge in [0.15, 0.2) is 11.5 Å².